The average molecular weight is 277 g/mol. The van der Waals surface area contributed by atoms with Crippen LogP contribution < -0.4 is 11.3 Å². The first-order chi connectivity index (χ1) is 8.93. The van der Waals surface area contributed by atoms with Gasteiger partial charge in [-0.1, -0.05) is 20.8 Å². The van der Waals surface area contributed by atoms with Gasteiger partial charge in [-0.25, -0.2) is 10.8 Å². The van der Waals surface area contributed by atoms with Crippen molar-refractivity contribution in [1.82, 2.24) is 20.4 Å². The number of hydrazine groups is 1. The second-order valence-electron chi connectivity index (χ2n) is 5.01. The third-order valence-corrected chi connectivity index (χ3v) is 3.53. The van der Waals surface area contributed by atoms with Crippen LogP contribution in [0.2, 0.25) is 0 Å². The van der Waals surface area contributed by atoms with Gasteiger partial charge in [-0.2, -0.15) is 0 Å². The Morgan fingerprint density at radius 3 is 2.63 bits per heavy atom. The summed E-state index contributed by atoms with van der Waals surface area (Å²) in [5.74, 6) is 4.88. The van der Waals surface area contributed by atoms with Crippen LogP contribution in [0.1, 0.15) is 36.1 Å². The molecule has 2 aromatic heterocycles. The lowest BCUT2D eigenvalue weighted by atomic mass is 9.91. The Kier molecular flexibility index (Phi) is 3.59. The number of aromatic nitrogens is 3. The fraction of sp³-hybridized carbons (Fsp3) is 0.333. The van der Waals surface area contributed by atoms with E-state index in [0.717, 1.165) is 0 Å². The molecule has 0 fully saturated rings. The maximum absolute atomic E-state index is 11.8. The number of nitrogens with zero attached hydrogens (tertiary/aromatic N) is 3. The standard InChI is InChI=1S/C12H15N5OS/c1-12(2,3)9-8(10(18)17-13)19-11(16-9)7-6-14-4-5-15-7/h4-6H,13H2,1-3H3,(H,17,18). The zero-order chi connectivity index (χ0) is 14.0. The number of amides is 1. The van der Waals surface area contributed by atoms with Crippen molar-refractivity contribution in [1.29, 1.82) is 0 Å². The number of thiazole rings is 1. The highest BCUT2D eigenvalue weighted by atomic mass is 32.1. The van der Waals surface area contributed by atoms with Gasteiger partial charge in [0.1, 0.15) is 15.6 Å². The van der Waals surface area contributed by atoms with Gasteiger partial charge >= 0.3 is 0 Å². The lowest BCUT2D eigenvalue weighted by molar-refractivity contribution is 0.0955. The summed E-state index contributed by atoms with van der Waals surface area (Å²) in [6.07, 6.45) is 4.81. The quantitative estimate of drug-likeness (QED) is 0.493. The number of hydrogen-bond acceptors (Lipinski definition) is 6. The normalized spacial score (nSPS) is 11.4. The topological polar surface area (TPSA) is 93.8 Å². The van der Waals surface area contributed by atoms with E-state index >= 15 is 0 Å². The summed E-state index contributed by atoms with van der Waals surface area (Å²) in [4.78, 5) is 25.1. The van der Waals surface area contributed by atoms with Crippen LogP contribution in [0.4, 0.5) is 0 Å². The summed E-state index contributed by atoms with van der Waals surface area (Å²) < 4.78 is 0. The molecule has 0 spiro atoms. The molecule has 0 unspecified atom stereocenters. The lowest BCUT2D eigenvalue weighted by Gasteiger charge is -2.16. The number of hydrogen-bond donors (Lipinski definition) is 2. The number of nitrogens with two attached hydrogens (primary N) is 1. The van der Waals surface area contributed by atoms with Crippen LogP contribution in [0.3, 0.4) is 0 Å². The minimum absolute atomic E-state index is 0.251. The molecule has 0 aromatic carbocycles. The summed E-state index contributed by atoms with van der Waals surface area (Å²) in [7, 11) is 0. The van der Waals surface area contributed by atoms with Crippen LogP contribution in [0.5, 0.6) is 0 Å². The molecule has 0 aliphatic rings. The Balaban J connectivity index is 2.55. The first-order valence-electron chi connectivity index (χ1n) is 5.72. The largest absolute Gasteiger partial charge is 0.289 e. The van der Waals surface area contributed by atoms with Crippen molar-refractivity contribution in [2.75, 3.05) is 0 Å². The molecule has 2 heterocycles. The fourth-order valence-corrected chi connectivity index (χ4v) is 2.71. The molecule has 3 N–H and O–H groups in total. The van der Waals surface area contributed by atoms with Crippen molar-refractivity contribution >= 4 is 17.2 Å². The fourth-order valence-electron chi connectivity index (χ4n) is 1.57. The van der Waals surface area contributed by atoms with E-state index < -0.39 is 0 Å². The summed E-state index contributed by atoms with van der Waals surface area (Å²) in [6.45, 7) is 5.99. The number of nitrogen functional groups attached to an aromatic ring is 1. The van der Waals surface area contributed by atoms with Crippen LogP contribution in [0, 0.1) is 0 Å². The molecular weight excluding hydrogens is 262 g/mol. The number of carbonyl (C=O) groups is 1. The van der Waals surface area contributed by atoms with Gasteiger partial charge in [-0.3, -0.25) is 20.2 Å². The van der Waals surface area contributed by atoms with Crippen LogP contribution in [0.15, 0.2) is 18.6 Å². The molecule has 2 rings (SSSR count). The molecule has 0 aliphatic heterocycles. The Hall–Kier alpha value is -1.86. The first kappa shape index (κ1) is 13.6. The van der Waals surface area contributed by atoms with Crippen molar-refractivity contribution < 1.29 is 4.79 Å². The van der Waals surface area contributed by atoms with Crippen LogP contribution in [-0.2, 0) is 5.41 Å². The van der Waals surface area contributed by atoms with Gasteiger partial charge in [0.2, 0.25) is 0 Å². The smallest absolute Gasteiger partial charge is 0.277 e. The second kappa shape index (κ2) is 5.02. The zero-order valence-corrected chi connectivity index (χ0v) is 11.8. The maximum Gasteiger partial charge on any atom is 0.277 e. The monoisotopic (exact) mass is 277 g/mol. The van der Waals surface area contributed by atoms with Crippen molar-refractivity contribution in [3.63, 3.8) is 0 Å². The summed E-state index contributed by atoms with van der Waals surface area (Å²) in [5, 5.41) is 0.664. The van der Waals surface area contributed by atoms with Gasteiger partial charge < -0.3 is 0 Å². The molecule has 0 radical (unpaired) electrons. The molecule has 0 saturated heterocycles. The molecule has 6 nitrogen and oxygen atoms in total. The predicted molar refractivity (Wildman–Crippen MR) is 73.5 cm³/mol. The summed E-state index contributed by atoms with van der Waals surface area (Å²) in [5.41, 5.74) is 3.26. The average Bonchev–Trinajstić information content (AvgIpc) is 2.84. The van der Waals surface area contributed by atoms with Gasteiger partial charge in [0.25, 0.3) is 5.91 Å². The van der Waals surface area contributed by atoms with Crippen LogP contribution in [-0.4, -0.2) is 20.9 Å². The maximum atomic E-state index is 11.8. The number of nitrogens with one attached hydrogen (secondary N) is 1. The molecule has 0 bridgehead atoms. The minimum Gasteiger partial charge on any atom is -0.289 e. The Morgan fingerprint density at radius 2 is 2.11 bits per heavy atom. The van der Waals surface area contributed by atoms with E-state index in [2.05, 4.69) is 20.4 Å². The van der Waals surface area contributed by atoms with E-state index in [9.17, 15) is 4.79 Å². The van der Waals surface area contributed by atoms with Crippen LogP contribution >= 0.6 is 11.3 Å². The number of carbonyl (C=O) groups excluding carboxylic acids is 1. The molecule has 2 aromatic rings. The van der Waals surface area contributed by atoms with E-state index in [4.69, 9.17) is 5.84 Å². The molecule has 0 atom stereocenters. The van der Waals surface area contributed by atoms with Crippen LogP contribution in [0.25, 0.3) is 10.7 Å². The Morgan fingerprint density at radius 1 is 1.37 bits per heavy atom. The highest BCUT2D eigenvalue weighted by Gasteiger charge is 2.27. The van der Waals surface area contributed by atoms with Crippen molar-refractivity contribution in [3.8, 4) is 10.7 Å². The molecule has 19 heavy (non-hydrogen) atoms. The van der Waals surface area contributed by atoms with E-state index in [0.29, 0.717) is 21.3 Å². The molecule has 100 valence electrons. The van der Waals surface area contributed by atoms with E-state index in [1.165, 1.54) is 11.3 Å². The molecule has 1 amide bonds. The third-order valence-electron chi connectivity index (χ3n) is 2.46. The SMILES string of the molecule is CC(C)(C)c1nc(-c2cnccn2)sc1C(=O)NN. The Labute approximate surface area is 115 Å². The first-order valence-corrected chi connectivity index (χ1v) is 6.53. The van der Waals surface area contributed by atoms with Gasteiger partial charge in [0.05, 0.1) is 11.9 Å². The molecule has 7 heteroatoms. The summed E-state index contributed by atoms with van der Waals surface area (Å²) >= 11 is 1.27. The second-order valence-corrected chi connectivity index (χ2v) is 6.01. The van der Waals surface area contributed by atoms with E-state index in [-0.39, 0.29) is 11.3 Å². The van der Waals surface area contributed by atoms with Crippen molar-refractivity contribution in [2.24, 2.45) is 5.84 Å². The Bertz CT molecular complexity index is 588. The van der Waals surface area contributed by atoms with Crippen molar-refractivity contribution in [2.45, 2.75) is 26.2 Å². The van der Waals surface area contributed by atoms with Gasteiger partial charge in [-0.05, 0) is 0 Å². The number of rotatable bonds is 2. The van der Waals surface area contributed by atoms with Gasteiger partial charge in [0.15, 0.2) is 0 Å². The zero-order valence-electron chi connectivity index (χ0n) is 11.0. The van der Waals surface area contributed by atoms with Gasteiger partial charge in [-0.15, -0.1) is 11.3 Å². The van der Waals surface area contributed by atoms with Crippen molar-refractivity contribution in [3.05, 3.63) is 29.2 Å². The summed E-state index contributed by atoms with van der Waals surface area (Å²) in [6, 6.07) is 0. The molecule has 0 aliphatic carbocycles. The van der Waals surface area contributed by atoms with Gasteiger partial charge in [0, 0.05) is 17.8 Å². The molecule has 0 saturated carbocycles. The minimum atomic E-state index is -0.336. The third kappa shape index (κ3) is 2.77. The van der Waals surface area contributed by atoms with E-state index in [1.807, 2.05) is 20.8 Å². The highest BCUT2D eigenvalue weighted by Crippen LogP contribution is 2.33. The highest BCUT2D eigenvalue weighted by molar-refractivity contribution is 7.17. The lowest BCUT2D eigenvalue weighted by Crippen LogP contribution is -2.31. The molecular formula is C12H15N5OS. The predicted octanol–water partition coefficient (Wildman–Crippen LogP) is 1.50. The van der Waals surface area contributed by atoms with E-state index in [1.54, 1.807) is 18.6 Å².